The zero-order chi connectivity index (χ0) is 35.6. The van der Waals surface area contributed by atoms with Crippen LogP contribution in [0.2, 0.25) is 0 Å². The normalized spacial score (nSPS) is 11.1. The molecule has 2 nitrogen and oxygen atoms in total. The summed E-state index contributed by atoms with van der Waals surface area (Å²) in [4.78, 5) is 11.7. The third-order valence-corrected chi connectivity index (χ3v) is 10.3. The molecule has 0 saturated carbocycles. The molecule has 250 valence electrons. The maximum Gasteiger partial charge on any atom is 0.211 e. The Hall–Kier alpha value is -7.03. The summed E-state index contributed by atoms with van der Waals surface area (Å²) in [5.74, 6) is 0. The smallest absolute Gasteiger partial charge is 0.211 e. The molecule has 0 atom stereocenters. The number of hydrogen-bond acceptors (Lipinski definition) is 1. The molecular weight excluding hydrogens is 643 g/mol. The first-order valence-electron chi connectivity index (χ1n) is 18.0. The molecule has 0 saturated heterocycles. The lowest BCUT2D eigenvalue weighted by Gasteiger charge is -2.18. The summed E-state index contributed by atoms with van der Waals surface area (Å²) < 4.78 is 0. The Morgan fingerprint density at radius 2 is 0.679 bits per heavy atom. The summed E-state index contributed by atoms with van der Waals surface area (Å²) in [6, 6.07) is 71.0. The van der Waals surface area contributed by atoms with E-state index in [1.165, 1.54) is 54.9 Å². The summed E-state index contributed by atoms with van der Waals surface area (Å²) in [7, 11) is 0. The molecule has 53 heavy (non-hydrogen) atoms. The third-order valence-electron chi connectivity index (χ3n) is 10.3. The highest BCUT2D eigenvalue weighted by molar-refractivity contribution is 6.21. The van der Waals surface area contributed by atoms with Crippen LogP contribution in [0.1, 0.15) is 0 Å². The van der Waals surface area contributed by atoms with E-state index in [1.807, 2.05) is 18.2 Å². The van der Waals surface area contributed by atoms with Crippen LogP contribution in [0.25, 0.3) is 88.3 Å². The van der Waals surface area contributed by atoms with Gasteiger partial charge in [0.15, 0.2) is 0 Å². The van der Waals surface area contributed by atoms with E-state index in [1.54, 1.807) is 0 Å². The van der Waals surface area contributed by atoms with Crippen LogP contribution in [0.3, 0.4) is 0 Å². The predicted molar refractivity (Wildman–Crippen MR) is 224 cm³/mol. The molecule has 0 aliphatic rings. The van der Waals surface area contributed by atoms with Gasteiger partial charge in [-0.2, -0.15) is 0 Å². The van der Waals surface area contributed by atoms with E-state index in [0.29, 0.717) is 0 Å². The lowest BCUT2D eigenvalue weighted by molar-refractivity contribution is -0.105. The highest BCUT2D eigenvalue weighted by Gasteiger charge is 2.17. The molecule has 0 bridgehead atoms. The van der Waals surface area contributed by atoms with E-state index >= 15 is 0 Å². The quantitative estimate of drug-likeness (QED) is 0.126. The molecule has 0 radical (unpaired) electrons. The van der Waals surface area contributed by atoms with Crippen molar-refractivity contribution in [3.8, 4) is 66.8 Å². The molecule has 9 rings (SSSR count). The molecule has 0 aliphatic carbocycles. The summed E-state index contributed by atoms with van der Waals surface area (Å²) >= 11 is 0. The lowest BCUT2D eigenvalue weighted by Crippen LogP contribution is -1.98. The minimum atomic E-state index is 0.748. The van der Waals surface area contributed by atoms with Crippen molar-refractivity contribution in [2.24, 2.45) is 0 Å². The number of nitrogens with one attached hydrogen (secondary N) is 1. The average molecular weight is 678 g/mol. The van der Waals surface area contributed by atoms with Crippen molar-refractivity contribution in [2.45, 2.75) is 0 Å². The van der Waals surface area contributed by atoms with Crippen LogP contribution in [0.5, 0.6) is 0 Å². The molecule has 1 amide bonds. The Bertz CT molecular complexity index is 2680. The van der Waals surface area contributed by atoms with Gasteiger partial charge in [0.1, 0.15) is 0 Å². The molecule has 0 fully saturated rings. The summed E-state index contributed by atoms with van der Waals surface area (Å²) in [5, 5.41) is 7.86. The number of fused-ring (bicyclic) bond motifs is 2. The van der Waals surface area contributed by atoms with Crippen molar-refractivity contribution >= 4 is 33.6 Å². The highest BCUT2D eigenvalue weighted by atomic mass is 16.1. The minimum absolute atomic E-state index is 0.748. The Labute approximate surface area is 309 Å². The molecule has 9 aromatic rings. The topological polar surface area (TPSA) is 29.1 Å². The van der Waals surface area contributed by atoms with E-state index in [2.05, 4.69) is 187 Å². The van der Waals surface area contributed by atoms with Gasteiger partial charge >= 0.3 is 0 Å². The summed E-state index contributed by atoms with van der Waals surface area (Å²) in [5.41, 5.74) is 14.5. The molecule has 0 spiro atoms. The fourth-order valence-electron chi connectivity index (χ4n) is 7.76. The van der Waals surface area contributed by atoms with Gasteiger partial charge in [-0.05, 0) is 94.9 Å². The second-order valence-electron chi connectivity index (χ2n) is 13.3. The van der Waals surface area contributed by atoms with E-state index in [-0.39, 0.29) is 0 Å². The second kappa shape index (κ2) is 13.9. The van der Waals surface area contributed by atoms with Gasteiger partial charge in [0.05, 0.1) is 0 Å². The van der Waals surface area contributed by atoms with Crippen molar-refractivity contribution < 1.29 is 4.79 Å². The summed E-state index contributed by atoms with van der Waals surface area (Å²) in [6.07, 6.45) is 0.748. The predicted octanol–water partition coefficient (Wildman–Crippen LogP) is 13.6. The number of benzene rings is 9. The Balaban J connectivity index is 1.14. The molecule has 2 heteroatoms. The minimum Gasteiger partial charge on any atom is -0.328 e. The van der Waals surface area contributed by atoms with E-state index in [9.17, 15) is 4.79 Å². The van der Waals surface area contributed by atoms with Crippen molar-refractivity contribution in [3.05, 3.63) is 200 Å². The Morgan fingerprint density at radius 1 is 0.302 bits per heavy atom. The average Bonchev–Trinajstić information content (AvgIpc) is 3.24. The van der Waals surface area contributed by atoms with Gasteiger partial charge in [0.25, 0.3) is 0 Å². The van der Waals surface area contributed by atoms with Crippen LogP contribution in [-0.4, -0.2) is 6.41 Å². The number of anilines is 1. The zero-order valence-corrected chi connectivity index (χ0v) is 29.0. The van der Waals surface area contributed by atoms with Crippen molar-refractivity contribution in [1.29, 1.82) is 0 Å². The molecule has 9 aromatic carbocycles. The first-order valence-corrected chi connectivity index (χ1v) is 18.0. The highest BCUT2D eigenvalue weighted by Crippen LogP contribution is 2.45. The maximum absolute atomic E-state index is 11.7. The van der Waals surface area contributed by atoms with Crippen LogP contribution >= 0.6 is 0 Å². The number of rotatable bonds is 8. The van der Waals surface area contributed by atoms with Crippen LogP contribution in [0.4, 0.5) is 5.69 Å². The second-order valence-corrected chi connectivity index (χ2v) is 13.3. The molecule has 0 aliphatic heterocycles. The SMILES string of the molecule is O=CNc1ccc(-c2ccc(-c3c4ccccc4c(-c4ccc(-c5ccccc5)cc4)c4ccccc34)cc2)cc1-c1ccccc1-c1ccccc1. The number of carbonyl (C=O) groups is 1. The zero-order valence-electron chi connectivity index (χ0n) is 29.0. The largest absolute Gasteiger partial charge is 0.328 e. The van der Waals surface area contributed by atoms with Gasteiger partial charge in [-0.25, -0.2) is 0 Å². The van der Waals surface area contributed by atoms with Gasteiger partial charge in [-0.15, -0.1) is 0 Å². The van der Waals surface area contributed by atoms with Crippen LogP contribution < -0.4 is 5.32 Å². The molecular formula is C51H35NO. The number of hydrogen-bond donors (Lipinski definition) is 1. The fourth-order valence-corrected chi connectivity index (χ4v) is 7.76. The van der Waals surface area contributed by atoms with Crippen molar-refractivity contribution in [2.75, 3.05) is 5.32 Å². The van der Waals surface area contributed by atoms with Gasteiger partial charge < -0.3 is 5.32 Å². The van der Waals surface area contributed by atoms with E-state index in [4.69, 9.17) is 0 Å². The van der Waals surface area contributed by atoms with Crippen molar-refractivity contribution in [1.82, 2.24) is 0 Å². The number of amides is 1. The van der Waals surface area contributed by atoms with Gasteiger partial charge in [0, 0.05) is 11.3 Å². The van der Waals surface area contributed by atoms with Gasteiger partial charge in [-0.3, -0.25) is 4.79 Å². The van der Waals surface area contributed by atoms with E-state index in [0.717, 1.165) is 45.5 Å². The van der Waals surface area contributed by atoms with Crippen LogP contribution in [-0.2, 0) is 4.79 Å². The maximum atomic E-state index is 11.7. The Morgan fingerprint density at radius 3 is 1.19 bits per heavy atom. The van der Waals surface area contributed by atoms with Gasteiger partial charge in [-0.1, -0.05) is 188 Å². The molecule has 0 aromatic heterocycles. The number of carbonyl (C=O) groups excluding carboxylic acids is 1. The van der Waals surface area contributed by atoms with Crippen LogP contribution in [0, 0.1) is 0 Å². The van der Waals surface area contributed by atoms with E-state index < -0.39 is 0 Å². The first-order chi connectivity index (χ1) is 26.3. The standard InChI is InChI=1S/C51H35NO/c53-34-52-49-32-31-41(33-48(49)43-18-8-7-17-42(43)38-15-5-2-6-16-38)37-25-29-40(30-26-37)51-46-21-11-9-19-44(46)50(45-20-10-12-22-47(45)51)39-27-23-36(24-28-39)35-13-3-1-4-14-35/h1-34H,(H,52,53). The lowest BCUT2D eigenvalue weighted by atomic mass is 9.85. The Kier molecular flexibility index (Phi) is 8.40. The van der Waals surface area contributed by atoms with Crippen LogP contribution in [0.15, 0.2) is 200 Å². The molecule has 0 heterocycles. The molecule has 0 unspecified atom stereocenters. The third kappa shape index (κ3) is 5.97. The van der Waals surface area contributed by atoms with Gasteiger partial charge in [0.2, 0.25) is 6.41 Å². The summed E-state index contributed by atoms with van der Waals surface area (Å²) in [6.45, 7) is 0. The monoisotopic (exact) mass is 677 g/mol. The fraction of sp³-hybridized carbons (Fsp3) is 0. The molecule has 1 N–H and O–H groups in total. The van der Waals surface area contributed by atoms with Crippen molar-refractivity contribution in [3.63, 3.8) is 0 Å². The first kappa shape index (κ1) is 31.9.